The lowest BCUT2D eigenvalue weighted by molar-refractivity contribution is -0.0209. The molecule has 5 rings (SSSR count). The van der Waals surface area contributed by atoms with Crippen LogP contribution in [0.3, 0.4) is 0 Å². The highest BCUT2D eigenvalue weighted by Gasteiger charge is 2.42. The third-order valence-electron chi connectivity index (χ3n) is 5.47. The van der Waals surface area contributed by atoms with Gasteiger partial charge in [-0.15, -0.1) is 0 Å². The van der Waals surface area contributed by atoms with Crippen molar-refractivity contribution in [1.82, 2.24) is 9.99 Å². The molecule has 2 atom stereocenters. The summed E-state index contributed by atoms with van der Waals surface area (Å²) in [4.78, 5) is 4.26. The lowest BCUT2D eigenvalue weighted by Gasteiger charge is -2.38. The number of pyridine rings is 1. The van der Waals surface area contributed by atoms with Gasteiger partial charge in [-0.2, -0.15) is 5.10 Å². The number of hydrogen-bond acceptors (Lipinski definition) is 6. The first-order valence-electron chi connectivity index (χ1n) is 10.1. The largest absolute Gasteiger partial charge is 0.494 e. The van der Waals surface area contributed by atoms with Crippen LogP contribution in [0.2, 0.25) is 0 Å². The molecule has 30 heavy (non-hydrogen) atoms. The molecule has 0 N–H and O–H groups in total. The Morgan fingerprint density at radius 2 is 1.97 bits per heavy atom. The minimum atomic E-state index is -0.358. The van der Waals surface area contributed by atoms with Crippen molar-refractivity contribution in [2.75, 3.05) is 13.7 Å². The summed E-state index contributed by atoms with van der Waals surface area (Å²) in [6, 6.07) is 18.1. The maximum absolute atomic E-state index is 6.48. The number of methoxy groups -OCH3 is 1. The van der Waals surface area contributed by atoms with Crippen LogP contribution in [0, 0.1) is 0 Å². The minimum absolute atomic E-state index is 0.0654. The summed E-state index contributed by atoms with van der Waals surface area (Å²) >= 11 is 0. The molecule has 0 fully saturated rings. The first-order valence-corrected chi connectivity index (χ1v) is 10.1. The van der Waals surface area contributed by atoms with Crippen molar-refractivity contribution in [1.29, 1.82) is 0 Å². The Morgan fingerprint density at radius 3 is 2.70 bits per heavy atom. The fourth-order valence-electron chi connectivity index (χ4n) is 4.07. The third-order valence-corrected chi connectivity index (χ3v) is 5.47. The van der Waals surface area contributed by atoms with E-state index in [4.69, 9.17) is 19.3 Å². The van der Waals surface area contributed by atoms with Crippen LogP contribution in [-0.4, -0.2) is 29.4 Å². The minimum Gasteiger partial charge on any atom is -0.494 e. The van der Waals surface area contributed by atoms with Gasteiger partial charge in [0.05, 0.1) is 25.5 Å². The monoisotopic (exact) mass is 401 g/mol. The Morgan fingerprint density at radius 1 is 1.10 bits per heavy atom. The van der Waals surface area contributed by atoms with Crippen LogP contribution in [0.25, 0.3) is 0 Å². The summed E-state index contributed by atoms with van der Waals surface area (Å²) < 4.78 is 17.7. The second-order valence-electron chi connectivity index (χ2n) is 7.24. The predicted octanol–water partition coefficient (Wildman–Crippen LogP) is 4.73. The van der Waals surface area contributed by atoms with Gasteiger partial charge in [-0.25, -0.2) is 5.01 Å². The molecule has 0 amide bonds. The zero-order valence-corrected chi connectivity index (χ0v) is 17.0. The van der Waals surface area contributed by atoms with E-state index in [1.807, 2.05) is 61.7 Å². The number of aromatic nitrogens is 1. The normalized spacial score (nSPS) is 19.4. The van der Waals surface area contributed by atoms with Crippen molar-refractivity contribution in [2.45, 2.75) is 25.6 Å². The van der Waals surface area contributed by atoms with E-state index in [9.17, 15) is 0 Å². The zero-order chi connectivity index (χ0) is 20.5. The van der Waals surface area contributed by atoms with E-state index in [1.54, 1.807) is 13.3 Å². The van der Waals surface area contributed by atoms with E-state index in [-0.39, 0.29) is 12.3 Å². The summed E-state index contributed by atoms with van der Waals surface area (Å²) in [5.74, 6) is 2.35. The Hall–Kier alpha value is -3.54. The maximum Gasteiger partial charge on any atom is 0.214 e. The SMILES string of the molecule is CCOc1ccc([C@@H]2Oc3c(OC)cccc3[C@H]3CC(c4cccnc4)=NN32)cc1. The molecule has 6 nitrogen and oxygen atoms in total. The van der Waals surface area contributed by atoms with E-state index < -0.39 is 0 Å². The molecular formula is C24H23N3O3. The molecular weight excluding hydrogens is 378 g/mol. The molecule has 2 aliphatic heterocycles. The molecule has 0 saturated heterocycles. The fourth-order valence-corrected chi connectivity index (χ4v) is 4.07. The van der Waals surface area contributed by atoms with Crippen molar-refractivity contribution < 1.29 is 14.2 Å². The summed E-state index contributed by atoms with van der Waals surface area (Å²) in [6.07, 6.45) is 4.06. The molecule has 0 spiro atoms. The second-order valence-corrected chi connectivity index (χ2v) is 7.24. The summed E-state index contributed by atoms with van der Waals surface area (Å²) in [7, 11) is 1.67. The number of ether oxygens (including phenoxy) is 3. The van der Waals surface area contributed by atoms with Crippen molar-refractivity contribution in [3.63, 3.8) is 0 Å². The number of para-hydroxylation sites is 1. The smallest absolute Gasteiger partial charge is 0.214 e. The average Bonchev–Trinajstić information content (AvgIpc) is 3.25. The van der Waals surface area contributed by atoms with Gasteiger partial charge in [0, 0.05) is 35.5 Å². The molecule has 2 aliphatic rings. The van der Waals surface area contributed by atoms with Gasteiger partial charge < -0.3 is 14.2 Å². The van der Waals surface area contributed by atoms with Gasteiger partial charge in [-0.1, -0.05) is 18.2 Å². The van der Waals surface area contributed by atoms with Gasteiger partial charge in [0.1, 0.15) is 5.75 Å². The topological polar surface area (TPSA) is 56.2 Å². The van der Waals surface area contributed by atoms with Crippen LogP contribution in [0.1, 0.15) is 42.3 Å². The van der Waals surface area contributed by atoms with Crippen LogP contribution < -0.4 is 14.2 Å². The molecule has 6 heteroatoms. The number of hydrazone groups is 1. The Bertz CT molecular complexity index is 1070. The third kappa shape index (κ3) is 3.14. The van der Waals surface area contributed by atoms with Crippen molar-refractivity contribution in [3.05, 3.63) is 83.7 Å². The van der Waals surface area contributed by atoms with E-state index in [1.165, 1.54) is 0 Å². The highest BCUT2D eigenvalue weighted by Crippen LogP contribution is 2.50. The number of nitrogens with zero attached hydrogens (tertiary/aromatic N) is 3. The Balaban J connectivity index is 1.58. The molecule has 3 aromatic rings. The molecule has 1 aromatic heterocycles. The molecule has 0 saturated carbocycles. The lowest BCUT2D eigenvalue weighted by atomic mass is 9.96. The van der Waals surface area contributed by atoms with Crippen molar-refractivity contribution >= 4 is 5.71 Å². The molecule has 2 aromatic carbocycles. The first-order chi connectivity index (χ1) is 14.8. The van der Waals surface area contributed by atoms with E-state index >= 15 is 0 Å². The summed E-state index contributed by atoms with van der Waals surface area (Å²) in [6.45, 7) is 2.61. The molecule has 0 aliphatic carbocycles. The fraction of sp³-hybridized carbons (Fsp3) is 0.250. The highest BCUT2D eigenvalue weighted by molar-refractivity contribution is 6.01. The van der Waals surface area contributed by atoms with Gasteiger partial charge in [0.15, 0.2) is 11.5 Å². The first kappa shape index (κ1) is 18.5. The summed E-state index contributed by atoms with van der Waals surface area (Å²) in [5, 5.41) is 7.02. The lowest BCUT2D eigenvalue weighted by Crippen LogP contribution is -2.33. The Labute approximate surface area is 175 Å². The van der Waals surface area contributed by atoms with E-state index in [2.05, 4.69) is 16.1 Å². The number of hydrogen-bond donors (Lipinski definition) is 0. The van der Waals surface area contributed by atoms with Crippen LogP contribution >= 0.6 is 0 Å². The number of rotatable bonds is 5. The van der Waals surface area contributed by atoms with Crippen LogP contribution in [0.15, 0.2) is 72.1 Å². The quantitative estimate of drug-likeness (QED) is 0.619. The molecule has 0 unspecified atom stereocenters. The van der Waals surface area contributed by atoms with Crippen LogP contribution in [0.5, 0.6) is 17.2 Å². The average molecular weight is 401 g/mol. The maximum atomic E-state index is 6.48. The van der Waals surface area contributed by atoms with Crippen molar-refractivity contribution in [2.24, 2.45) is 5.10 Å². The zero-order valence-electron chi connectivity index (χ0n) is 17.0. The highest BCUT2D eigenvalue weighted by atomic mass is 16.5. The van der Waals surface area contributed by atoms with Gasteiger partial charge in [0.25, 0.3) is 0 Å². The second kappa shape index (κ2) is 7.71. The summed E-state index contributed by atoms with van der Waals surface area (Å²) in [5.41, 5.74) is 4.13. The molecule has 152 valence electrons. The molecule has 0 bridgehead atoms. The standard InChI is InChI=1S/C24H23N3O3/c1-3-29-18-11-9-16(10-12-18)24-27-21(14-20(26-27)17-6-5-13-25-15-17)19-7-4-8-22(28-2)23(19)30-24/h4-13,15,21,24H,3,14H2,1-2H3/t21-,24+/m1/s1. The van der Waals surface area contributed by atoms with E-state index in [0.29, 0.717) is 6.61 Å². The molecule has 3 heterocycles. The molecule has 0 radical (unpaired) electrons. The van der Waals surface area contributed by atoms with Gasteiger partial charge >= 0.3 is 0 Å². The Kier molecular flexibility index (Phi) is 4.75. The van der Waals surface area contributed by atoms with Gasteiger partial charge in [-0.3, -0.25) is 4.98 Å². The van der Waals surface area contributed by atoms with Gasteiger partial charge in [0.2, 0.25) is 6.23 Å². The van der Waals surface area contributed by atoms with Crippen LogP contribution in [0.4, 0.5) is 0 Å². The van der Waals surface area contributed by atoms with E-state index in [0.717, 1.165) is 46.1 Å². The number of benzene rings is 2. The van der Waals surface area contributed by atoms with Crippen LogP contribution in [-0.2, 0) is 0 Å². The number of fused-ring (bicyclic) bond motifs is 3. The van der Waals surface area contributed by atoms with Gasteiger partial charge in [-0.05, 0) is 43.3 Å². The predicted molar refractivity (Wildman–Crippen MR) is 114 cm³/mol. The van der Waals surface area contributed by atoms with Crippen molar-refractivity contribution in [3.8, 4) is 17.2 Å².